The summed E-state index contributed by atoms with van der Waals surface area (Å²) in [5.74, 6) is -0.950. The fourth-order valence-corrected chi connectivity index (χ4v) is 5.46. The molecule has 1 atom stereocenters. The van der Waals surface area contributed by atoms with Gasteiger partial charge in [0.2, 0.25) is 0 Å². The second-order valence-corrected chi connectivity index (χ2v) is 10.9. The van der Waals surface area contributed by atoms with Gasteiger partial charge in [0, 0.05) is 57.8 Å². The van der Waals surface area contributed by atoms with Crippen LogP contribution in [0.4, 0.5) is 17.6 Å². The van der Waals surface area contributed by atoms with Gasteiger partial charge >= 0.3 is 6.18 Å². The van der Waals surface area contributed by atoms with Gasteiger partial charge in [-0.3, -0.25) is 14.8 Å². The Bertz CT molecular complexity index is 1390. The Morgan fingerprint density at radius 3 is 2.66 bits per heavy atom. The number of nitrogens with zero attached hydrogens (tertiary/aromatic N) is 4. The topological polar surface area (TPSA) is 62.8 Å². The summed E-state index contributed by atoms with van der Waals surface area (Å²) in [6.45, 7) is 11.4. The largest absolute Gasteiger partial charge is 0.496 e. The van der Waals surface area contributed by atoms with Crippen LogP contribution >= 0.6 is 0 Å². The molecule has 1 saturated heterocycles. The molecule has 1 aliphatic rings. The molecular formula is C33H45F4N5O2. The molecule has 0 aliphatic carbocycles. The second-order valence-electron chi connectivity index (χ2n) is 10.9. The van der Waals surface area contributed by atoms with Crippen LogP contribution in [-0.2, 0) is 17.5 Å². The number of hydrogen-bond acceptors (Lipinski definition) is 7. The molecule has 1 N–H and O–H groups in total. The summed E-state index contributed by atoms with van der Waals surface area (Å²) in [5, 5.41) is 2.81. The predicted molar refractivity (Wildman–Crippen MR) is 167 cm³/mol. The molecule has 44 heavy (non-hydrogen) atoms. The number of alkyl halides is 3. The standard InChI is InChI=1S/C33H45F4N5O2/c1-6-10-27(34)32-28(40-31(33(35,36)37)20-30(32)44-5)21-38-14-12-26(7-2)42-16-9-15-41(17-18-42)22-29-25(11-8-13-39-29)19-24(3)23-43-4/h6,8,10-11,13,19-21,26,38H,7,9,12,14-18,22-23H2,1-5H3/b10-6-,24-19+,28-21-,32-27-. The molecule has 0 saturated carbocycles. The Kier molecular flexibility index (Phi) is 13.8. The van der Waals surface area contributed by atoms with Gasteiger partial charge in [0.25, 0.3) is 0 Å². The Morgan fingerprint density at radius 1 is 1.18 bits per heavy atom. The molecule has 2 aromatic heterocycles. The van der Waals surface area contributed by atoms with Gasteiger partial charge in [0.1, 0.15) is 17.3 Å². The van der Waals surface area contributed by atoms with Gasteiger partial charge in [0.05, 0.1) is 30.0 Å². The molecule has 242 valence electrons. The first-order chi connectivity index (χ1) is 21.1. The van der Waals surface area contributed by atoms with E-state index in [0.29, 0.717) is 13.2 Å². The maximum absolute atomic E-state index is 14.9. The van der Waals surface area contributed by atoms with Crippen molar-refractivity contribution in [3.8, 4) is 5.75 Å². The fourth-order valence-electron chi connectivity index (χ4n) is 5.46. The van der Waals surface area contributed by atoms with Gasteiger partial charge in [-0.05, 0) is 69.5 Å². The molecular weight excluding hydrogens is 574 g/mol. The number of hydrogen-bond donors (Lipinski definition) is 1. The number of halogens is 4. The summed E-state index contributed by atoms with van der Waals surface area (Å²) in [6.07, 6.45) is 5.98. The van der Waals surface area contributed by atoms with Gasteiger partial charge in [0.15, 0.2) is 0 Å². The zero-order valence-electron chi connectivity index (χ0n) is 26.4. The average Bonchev–Trinajstić information content (AvgIpc) is 3.23. The zero-order chi connectivity index (χ0) is 32.1. The smallest absolute Gasteiger partial charge is 0.433 e. The third-order valence-electron chi connectivity index (χ3n) is 7.62. The number of nitrogens with one attached hydrogen (secondary N) is 1. The Hall–Kier alpha value is -3.28. The minimum absolute atomic E-state index is 0.119. The van der Waals surface area contributed by atoms with E-state index in [1.54, 1.807) is 14.0 Å². The first-order valence-electron chi connectivity index (χ1n) is 15.1. The van der Waals surface area contributed by atoms with Gasteiger partial charge in [-0.15, -0.1) is 0 Å². The Morgan fingerprint density at radius 2 is 1.98 bits per heavy atom. The lowest BCUT2D eigenvalue weighted by Crippen LogP contribution is -2.40. The zero-order valence-corrected chi connectivity index (χ0v) is 26.4. The van der Waals surface area contributed by atoms with E-state index in [4.69, 9.17) is 9.47 Å². The lowest BCUT2D eigenvalue weighted by molar-refractivity contribution is -0.141. The summed E-state index contributed by atoms with van der Waals surface area (Å²) in [7, 11) is 2.90. The maximum Gasteiger partial charge on any atom is 0.433 e. The highest BCUT2D eigenvalue weighted by atomic mass is 19.4. The third kappa shape index (κ3) is 10.1. The van der Waals surface area contributed by atoms with Crippen LogP contribution in [0, 0.1) is 0 Å². The van der Waals surface area contributed by atoms with Crippen molar-refractivity contribution in [1.82, 2.24) is 25.1 Å². The first-order valence-corrected chi connectivity index (χ1v) is 15.1. The Balaban J connectivity index is 1.68. The predicted octanol–water partition coefficient (Wildman–Crippen LogP) is 4.91. The van der Waals surface area contributed by atoms with Gasteiger partial charge in [-0.25, -0.2) is 9.37 Å². The van der Waals surface area contributed by atoms with Crippen molar-refractivity contribution < 1.29 is 27.0 Å². The molecule has 2 aromatic rings. The van der Waals surface area contributed by atoms with E-state index in [2.05, 4.69) is 44.2 Å². The van der Waals surface area contributed by atoms with Crippen LogP contribution < -0.4 is 20.6 Å². The molecule has 0 spiro atoms. The van der Waals surface area contributed by atoms with Crippen LogP contribution in [0.15, 0.2) is 42.1 Å². The fraction of sp³-hybridized carbons (Fsp3) is 0.515. The van der Waals surface area contributed by atoms with E-state index in [1.807, 2.05) is 19.2 Å². The number of rotatable bonds is 13. The highest BCUT2D eigenvalue weighted by molar-refractivity contribution is 5.55. The van der Waals surface area contributed by atoms with Crippen molar-refractivity contribution in [3.05, 3.63) is 69.6 Å². The number of pyridine rings is 2. The van der Waals surface area contributed by atoms with E-state index in [0.717, 1.165) is 74.9 Å². The first kappa shape index (κ1) is 35.2. The summed E-state index contributed by atoms with van der Waals surface area (Å²) >= 11 is 0. The highest BCUT2D eigenvalue weighted by Gasteiger charge is 2.33. The summed E-state index contributed by atoms with van der Waals surface area (Å²) in [5.41, 5.74) is 2.15. The Labute approximate surface area is 258 Å². The maximum atomic E-state index is 14.9. The SMILES string of the molecule is C\C=C/C(F)=c1/c(OC)cc(C(F)(F)F)n/c1=C\NCCC(CC)N1CCCN(Cc2ncccc2/C=C(\C)COC)CC1. The molecule has 11 heteroatoms. The summed E-state index contributed by atoms with van der Waals surface area (Å²) in [4.78, 5) is 13.3. The van der Waals surface area contributed by atoms with Crippen LogP contribution in [0.3, 0.4) is 0 Å². The van der Waals surface area contributed by atoms with Gasteiger partial charge in [-0.2, -0.15) is 13.2 Å². The van der Waals surface area contributed by atoms with Crippen LogP contribution in [0.25, 0.3) is 18.1 Å². The van der Waals surface area contributed by atoms with Gasteiger partial charge < -0.3 is 14.8 Å². The van der Waals surface area contributed by atoms with Crippen LogP contribution in [0.1, 0.15) is 57.0 Å². The van der Waals surface area contributed by atoms with E-state index in [1.165, 1.54) is 25.5 Å². The van der Waals surface area contributed by atoms with Crippen LogP contribution in [-0.4, -0.2) is 79.4 Å². The van der Waals surface area contributed by atoms with Crippen LogP contribution in [0.5, 0.6) is 5.75 Å². The summed E-state index contributed by atoms with van der Waals surface area (Å²) < 4.78 is 65.8. The van der Waals surface area contributed by atoms with E-state index in [9.17, 15) is 17.6 Å². The molecule has 0 aromatic carbocycles. The number of ether oxygens (including phenoxy) is 2. The van der Waals surface area contributed by atoms with Crippen molar-refractivity contribution in [3.63, 3.8) is 0 Å². The molecule has 3 rings (SSSR count). The third-order valence-corrected chi connectivity index (χ3v) is 7.62. The molecule has 0 radical (unpaired) electrons. The monoisotopic (exact) mass is 619 g/mol. The van der Waals surface area contributed by atoms with Crippen molar-refractivity contribution in [2.24, 2.45) is 0 Å². The molecule has 1 aliphatic heterocycles. The molecule has 1 unspecified atom stereocenters. The lowest BCUT2D eigenvalue weighted by Gasteiger charge is -2.30. The second kappa shape index (κ2) is 17.3. The van der Waals surface area contributed by atoms with Crippen molar-refractivity contribution in [2.75, 3.05) is 53.6 Å². The van der Waals surface area contributed by atoms with E-state index in [-0.39, 0.29) is 22.4 Å². The van der Waals surface area contributed by atoms with Crippen molar-refractivity contribution >= 4 is 18.1 Å². The van der Waals surface area contributed by atoms with Crippen molar-refractivity contribution in [2.45, 2.75) is 58.8 Å². The number of aromatic nitrogens is 2. The summed E-state index contributed by atoms with van der Waals surface area (Å²) in [6, 6.07) is 5.05. The quantitative estimate of drug-likeness (QED) is 0.253. The average molecular weight is 620 g/mol. The molecule has 0 bridgehead atoms. The molecule has 0 amide bonds. The number of allylic oxidation sites excluding steroid dienone is 2. The highest BCUT2D eigenvalue weighted by Crippen LogP contribution is 2.28. The van der Waals surface area contributed by atoms with Crippen molar-refractivity contribution in [1.29, 1.82) is 0 Å². The number of methoxy groups -OCH3 is 2. The van der Waals surface area contributed by atoms with E-state index < -0.39 is 17.7 Å². The minimum Gasteiger partial charge on any atom is -0.496 e. The minimum atomic E-state index is -4.70. The van der Waals surface area contributed by atoms with Gasteiger partial charge in [-0.1, -0.05) is 25.1 Å². The molecule has 3 heterocycles. The van der Waals surface area contributed by atoms with E-state index >= 15 is 0 Å². The van der Waals surface area contributed by atoms with Crippen LogP contribution in [0.2, 0.25) is 0 Å². The molecule has 7 nitrogen and oxygen atoms in total. The normalized spacial score (nSPS) is 17.6. The molecule has 1 fully saturated rings. The lowest BCUT2D eigenvalue weighted by atomic mass is 10.1.